The third kappa shape index (κ3) is 5.65. The van der Waals surface area contributed by atoms with Crippen molar-refractivity contribution in [2.45, 2.75) is 32.9 Å². The van der Waals surface area contributed by atoms with Crippen LogP contribution in [0.5, 0.6) is 0 Å². The minimum atomic E-state index is -0.713. The minimum absolute atomic E-state index is 0.0588. The molecule has 0 saturated carbocycles. The fraction of sp³-hybridized carbons (Fsp3) is 0.156. The van der Waals surface area contributed by atoms with Crippen molar-refractivity contribution in [1.29, 1.82) is 0 Å². The van der Waals surface area contributed by atoms with Crippen LogP contribution in [0.4, 0.5) is 8.78 Å². The van der Waals surface area contributed by atoms with Gasteiger partial charge in [-0.1, -0.05) is 48.0 Å². The molecular formula is C32H26ClF2N3O2. The molecule has 0 saturated heterocycles. The van der Waals surface area contributed by atoms with E-state index in [2.05, 4.69) is 10.3 Å². The number of pyridine rings is 1. The Balaban J connectivity index is 1.53. The summed E-state index contributed by atoms with van der Waals surface area (Å²) in [7, 11) is 0. The molecule has 0 radical (unpaired) electrons. The zero-order chi connectivity index (χ0) is 28.4. The Morgan fingerprint density at radius 2 is 1.68 bits per heavy atom. The Hall–Kier alpha value is -4.36. The zero-order valence-corrected chi connectivity index (χ0v) is 22.7. The highest BCUT2D eigenvalue weighted by atomic mass is 35.5. The number of aromatic nitrogens is 2. The molecule has 0 aliphatic heterocycles. The lowest BCUT2D eigenvalue weighted by atomic mass is 9.95. The smallest absolute Gasteiger partial charge is 0.240 e. The minimum Gasteiger partial charge on any atom is -0.346 e. The van der Waals surface area contributed by atoms with Crippen LogP contribution < -0.4 is 5.32 Å². The van der Waals surface area contributed by atoms with Crippen molar-refractivity contribution in [3.05, 3.63) is 124 Å². The number of hydrogen-bond acceptors (Lipinski definition) is 3. The quantitative estimate of drug-likeness (QED) is 0.204. The van der Waals surface area contributed by atoms with Crippen LogP contribution in [0.15, 0.2) is 85.1 Å². The van der Waals surface area contributed by atoms with Crippen LogP contribution in [-0.4, -0.2) is 21.2 Å². The largest absolute Gasteiger partial charge is 0.346 e. The predicted molar refractivity (Wildman–Crippen MR) is 152 cm³/mol. The number of benzene rings is 3. The van der Waals surface area contributed by atoms with E-state index in [1.165, 1.54) is 19.1 Å². The van der Waals surface area contributed by atoms with E-state index in [4.69, 9.17) is 11.6 Å². The number of carbonyl (C=O) groups is 2. The normalized spacial score (nSPS) is 11.9. The molecule has 5 nitrogen and oxygen atoms in total. The molecule has 8 heteroatoms. The van der Waals surface area contributed by atoms with Gasteiger partial charge in [-0.3, -0.25) is 14.6 Å². The molecule has 2 aromatic heterocycles. The van der Waals surface area contributed by atoms with Crippen molar-refractivity contribution in [3.8, 4) is 11.1 Å². The lowest BCUT2D eigenvalue weighted by Gasteiger charge is -2.22. The van der Waals surface area contributed by atoms with Crippen molar-refractivity contribution in [2.24, 2.45) is 0 Å². The molecular weight excluding hydrogens is 532 g/mol. The first-order valence-corrected chi connectivity index (χ1v) is 13.1. The number of nitrogens with one attached hydrogen (secondary N) is 1. The summed E-state index contributed by atoms with van der Waals surface area (Å²) in [6.07, 6.45) is 1.71. The molecule has 0 unspecified atom stereocenters. The van der Waals surface area contributed by atoms with Crippen LogP contribution in [-0.2, 0) is 17.8 Å². The van der Waals surface area contributed by atoms with Crippen LogP contribution in [0.2, 0.25) is 5.02 Å². The second-order valence-electron chi connectivity index (χ2n) is 9.66. The van der Waals surface area contributed by atoms with Gasteiger partial charge in [0.25, 0.3) is 0 Å². The molecule has 0 aliphatic rings. The van der Waals surface area contributed by atoms with Crippen molar-refractivity contribution in [1.82, 2.24) is 14.9 Å². The Morgan fingerprint density at radius 1 is 0.975 bits per heavy atom. The number of nitrogens with zero attached hydrogens (tertiary/aromatic N) is 2. The summed E-state index contributed by atoms with van der Waals surface area (Å²) in [6.45, 7) is 3.26. The number of rotatable bonds is 8. The van der Waals surface area contributed by atoms with Crippen molar-refractivity contribution < 1.29 is 18.4 Å². The lowest BCUT2D eigenvalue weighted by molar-refractivity contribution is -0.122. The Labute approximate surface area is 235 Å². The molecule has 40 heavy (non-hydrogen) atoms. The monoisotopic (exact) mass is 557 g/mol. The maximum absolute atomic E-state index is 14.1. The van der Waals surface area contributed by atoms with Gasteiger partial charge in [0.15, 0.2) is 5.78 Å². The first-order chi connectivity index (χ1) is 19.2. The third-order valence-electron chi connectivity index (χ3n) is 6.91. The van der Waals surface area contributed by atoms with Crippen molar-refractivity contribution in [3.63, 3.8) is 0 Å². The second kappa shape index (κ2) is 11.4. The Morgan fingerprint density at radius 3 is 2.38 bits per heavy atom. The molecule has 5 rings (SSSR count). The summed E-state index contributed by atoms with van der Waals surface area (Å²) >= 11 is 6.09. The van der Waals surface area contributed by atoms with Crippen LogP contribution in [0.25, 0.3) is 22.0 Å². The average molecular weight is 558 g/mol. The number of para-hydroxylation sites is 1. The second-order valence-corrected chi connectivity index (χ2v) is 10.1. The highest BCUT2D eigenvalue weighted by Gasteiger charge is 2.24. The summed E-state index contributed by atoms with van der Waals surface area (Å²) in [6, 6.07) is 20.9. The molecule has 0 spiro atoms. The maximum atomic E-state index is 14.1. The van der Waals surface area contributed by atoms with Crippen LogP contribution >= 0.6 is 11.6 Å². The van der Waals surface area contributed by atoms with Gasteiger partial charge in [-0.15, -0.1) is 0 Å². The zero-order valence-electron chi connectivity index (χ0n) is 21.9. The van der Waals surface area contributed by atoms with Gasteiger partial charge in [-0.05, 0) is 67.8 Å². The fourth-order valence-electron chi connectivity index (χ4n) is 5.21. The average Bonchev–Trinajstić information content (AvgIpc) is 3.19. The fourth-order valence-corrected chi connectivity index (χ4v) is 5.34. The lowest BCUT2D eigenvalue weighted by Crippen LogP contribution is -2.34. The number of fused-ring (bicyclic) bond motifs is 1. The summed E-state index contributed by atoms with van der Waals surface area (Å²) in [5, 5.41) is 4.40. The van der Waals surface area contributed by atoms with E-state index in [1.54, 1.807) is 29.0 Å². The van der Waals surface area contributed by atoms with E-state index in [9.17, 15) is 18.4 Å². The van der Waals surface area contributed by atoms with Gasteiger partial charge in [-0.2, -0.15) is 0 Å². The highest BCUT2D eigenvalue weighted by molar-refractivity contribution is 6.30. The summed E-state index contributed by atoms with van der Waals surface area (Å²) in [5.41, 5.74) is 4.53. The van der Waals surface area contributed by atoms with Gasteiger partial charge in [0.1, 0.15) is 18.2 Å². The van der Waals surface area contributed by atoms with Crippen LogP contribution in [0, 0.1) is 18.6 Å². The molecule has 2 heterocycles. The van der Waals surface area contributed by atoms with E-state index in [1.807, 2.05) is 49.4 Å². The first-order valence-electron chi connectivity index (χ1n) is 12.7. The number of ketones is 1. The summed E-state index contributed by atoms with van der Waals surface area (Å²) in [5.74, 6) is -1.83. The molecule has 202 valence electrons. The Kier molecular flexibility index (Phi) is 7.76. The first kappa shape index (κ1) is 27.2. The van der Waals surface area contributed by atoms with E-state index in [0.29, 0.717) is 27.5 Å². The van der Waals surface area contributed by atoms with E-state index in [0.717, 1.165) is 28.1 Å². The molecule has 0 aliphatic carbocycles. The molecule has 1 amide bonds. The number of carbonyl (C=O) groups excluding carboxylic acids is 2. The number of hydrogen-bond donors (Lipinski definition) is 1. The maximum Gasteiger partial charge on any atom is 0.240 e. The SMILES string of the molecule is CC(=O)c1c(C)n(CC(=O)N[C@@H](Cc2cc(F)cc(F)c2)c2ncccc2-c2ccc(Cl)cc2)c2ccccc12. The Bertz CT molecular complexity index is 1710. The van der Waals surface area contributed by atoms with E-state index >= 15 is 0 Å². The van der Waals surface area contributed by atoms with Gasteiger partial charge in [0, 0.05) is 45.0 Å². The standard InChI is InChI=1S/C32H26ClF2N3O2/c1-19-31(20(2)39)27-6-3-4-8-29(27)38(19)18-30(40)37-28(16-21-14-24(34)17-25(35)15-21)32-26(7-5-13-36-32)22-9-11-23(33)12-10-22/h3-15,17,28H,16,18H2,1-2H3,(H,37,40)/t28-/m0/s1. The van der Waals surface area contributed by atoms with Gasteiger partial charge in [0.05, 0.1) is 11.7 Å². The van der Waals surface area contributed by atoms with Crippen molar-refractivity contribution >= 4 is 34.2 Å². The number of Topliss-reactive ketones (excluding diaryl/α,β-unsaturated/α-hetero) is 1. The molecule has 0 bridgehead atoms. The summed E-state index contributed by atoms with van der Waals surface area (Å²) < 4.78 is 30.0. The van der Waals surface area contributed by atoms with Crippen LogP contribution in [0.1, 0.15) is 40.3 Å². The molecule has 3 aromatic carbocycles. The summed E-state index contributed by atoms with van der Waals surface area (Å²) in [4.78, 5) is 30.6. The number of halogens is 3. The van der Waals surface area contributed by atoms with Gasteiger partial charge in [-0.25, -0.2) is 8.78 Å². The molecule has 1 N–H and O–H groups in total. The van der Waals surface area contributed by atoms with Gasteiger partial charge < -0.3 is 9.88 Å². The van der Waals surface area contributed by atoms with Crippen molar-refractivity contribution in [2.75, 3.05) is 0 Å². The third-order valence-corrected chi connectivity index (χ3v) is 7.16. The number of amides is 1. The highest BCUT2D eigenvalue weighted by Crippen LogP contribution is 2.31. The molecule has 0 fully saturated rings. The predicted octanol–water partition coefficient (Wildman–Crippen LogP) is 7.25. The molecule has 5 aromatic rings. The van der Waals surface area contributed by atoms with Gasteiger partial charge in [0.2, 0.25) is 5.91 Å². The molecule has 1 atom stereocenters. The van der Waals surface area contributed by atoms with Gasteiger partial charge >= 0.3 is 0 Å². The van der Waals surface area contributed by atoms with E-state index in [-0.39, 0.29) is 24.7 Å². The van der Waals surface area contributed by atoms with E-state index < -0.39 is 17.7 Å². The topological polar surface area (TPSA) is 64.0 Å². The van der Waals surface area contributed by atoms with Crippen LogP contribution in [0.3, 0.4) is 0 Å².